The van der Waals surface area contributed by atoms with Crippen LogP contribution in [0.15, 0.2) is 5.16 Å². The molecule has 0 heterocycles. The number of hydrogen-bond donors (Lipinski definition) is 0. The van der Waals surface area contributed by atoms with E-state index >= 15 is 0 Å². The van der Waals surface area contributed by atoms with Crippen LogP contribution < -0.4 is 0 Å². The minimum atomic E-state index is 0. The number of rotatable bonds is 3. The molecule has 0 aliphatic carbocycles. The van der Waals surface area contributed by atoms with E-state index in [0.29, 0.717) is 12.5 Å². The van der Waals surface area contributed by atoms with Crippen LogP contribution in [0.5, 0.6) is 0 Å². The Bertz CT molecular complexity index is 69.3. The Kier molecular flexibility index (Phi) is 9.37. The van der Waals surface area contributed by atoms with Gasteiger partial charge < -0.3 is 4.84 Å². The van der Waals surface area contributed by atoms with Crippen LogP contribution in [0.25, 0.3) is 0 Å². The van der Waals surface area contributed by atoms with Crippen LogP contribution in [0, 0.1) is 5.92 Å². The van der Waals surface area contributed by atoms with Crippen LogP contribution in [0.2, 0.25) is 0 Å². The van der Waals surface area contributed by atoms with Crippen molar-refractivity contribution in [3.63, 3.8) is 0 Å². The van der Waals surface area contributed by atoms with E-state index in [0.717, 1.165) is 0 Å². The minimum Gasteiger partial charge on any atom is -0.396 e. The summed E-state index contributed by atoms with van der Waals surface area (Å²) in [6.07, 6.45) is 1.78. The smallest absolute Gasteiger partial charge is 0.114 e. The van der Waals surface area contributed by atoms with E-state index in [4.69, 9.17) is 4.84 Å². The summed E-state index contributed by atoms with van der Waals surface area (Å²) in [5.41, 5.74) is 0. The average molecular weight is 131 g/mol. The van der Waals surface area contributed by atoms with Gasteiger partial charge in [0.05, 0.1) is 0 Å². The zero-order valence-electron chi connectivity index (χ0n) is 5.72. The first-order valence-corrected chi connectivity index (χ1v) is 2.92. The molecule has 0 unspecified atom stereocenters. The van der Waals surface area contributed by atoms with Gasteiger partial charge in [0.1, 0.15) is 6.61 Å². The zero-order valence-corrected chi connectivity index (χ0v) is 5.72. The summed E-state index contributed by atoms with van der Waals surface area (Å²) in [6, 6.07) is 0. The normalized spacial score (nSPS) is 9.78. The molecule has 0 saturated heterocycles. The molecule has 0 bridgehead atoms. The van der Waals surface area contributed by atoms with Crippen LogP contribution >= 0.6 is 0 Å². The van der Waals surface area contributed by atoms with Gasteiger partial charge in [-0.3, -0.25) is 0 Å². The van der Waals surface area contributed by atoms with Crippen LogP contribution in [-0.2, 0) is 4.84 Å². The Morgan fingerprint density at radius 2 is 2.11 bits per heavy atom. The SMILES string of the molecule is C.CCON=CC(C)C. The Labute approximate surface area is 57.9 Å². The molecule has 0 radical (unpaired) electrons. The van der Waals surface area contributed by atoms with Crippen molar-refractivity contribution in [2.45, 2.75) is 28.2 Å². The lowest BCUT2D eigenvalue weighted by Gasteiger charge is -1.92. The second-order valence-electron chi connectivity index (χ2n) is 1.92. The molecule has 0 aromatic carbocycles. The standard InChI is InChI=1S/C6H13NO.CH4/c1-4-8-7-5-6(2)3;/h5-6H,4H2,1-3H3;1H4. The van der Waals surface area contributed by atoms with Gasteiger partial charge in [-0.2, -0.15) is 0 Å². The third-order valence-electron chi connectivity index (χ3n) is 0.563. The second kappa shape index (κ2) is 7.47. The molecule has 56 valence electrons. The average Bonchev–Trinajstić information content (AvgIpc) is 1.66. The predicted octanol–water partition coefficient (Wildman–Crippen LogP) is 2.30. The van der Waals surface area contributed by atoms with E-state index in [2.05, 4.69) is 19.0 Å². The molecule has 0 N–H and O–H groups in total. The summed E-state index contributed by atoms with van der Waals surface area (Å²) in [7, 11) is 0. The Morgan fingerprint density at radius 1 is 1.56 bits per heavy atom. The van der Waals surface area contributed by atoms with Gasteiger partial charge in [-0.25, -0.2) is 0 Å². The van der Waals surface area contributed by atoms with Gasteiger partial charge in [0, 0.05) is 6.21 Å². The highest BCUT2D eigenvalue weighted by molar-refractivity contribution is 5.58. The molecule has 0 aromatic heterocycles. The van der Waals surface area contributed by atoms with E-state index in [-0.39, 0.29) is 7.43 Å². The van der Waals surface area contributed by atoms with Gasteiger partial charge in [0.15, 0.2) is 0 Å². The van der Waals surface area contributed by atoms with E-state index < -0.39 is 0 Å². The molecule has 0 saturated carbocycles. The molecule has 2 nitrogen and oxygen atoms in total. The number of oxime groups is 1. The summed E-state index contributed by atoms with van der Waals surface area (Å²) in [5.74, 6) is 0.488. The first kappa shape index (κ1) is 11.3. The first-order chi connectivity index (χ1) is 3.77. The third kappa shape index (κ3) is 11.2. The van der Waals surface area contributed by atoms with Crippen LogP contribution in [0.4, 0.5) is 0 Å². The molecular formula is C7H17NO. The lowest BCUT2D eigenvalue weighted by molar-refractivity contribution is 0.159. The lowest BCUT2D eigenvalue weighted by Crippen LogP contribution is -1.88. The summed E-state index contributed by atoms with van der Waals surface area (Å²) < 4.78 is 0. The van der Waals surface area contributed by atoms with Crippen molar-refractivity contribution in [2.24, 2.45) is 11.1 Å². The highest BCUT2D eigenvalue weighted by Gasteiger charge is 1.81. The zero-order chi connectivity index (χ0) is 6.41. The second-order valence-corrected chi connectivity index (χ2v) is 1.92. The molecule has 9 heavy (non-hydrogen) atoms. The van der Waals surface area contributed by atoms with Gasteiger partial charge >= 0.3 is 0 Å². The summed E-state index contributed by atoms with van der Waals surface area (Å²) in [5, 5.41) is 3.66. The van der Waals surface area contributed by atoms with Gasteiger partial charge in [-0.05, 0) is 12.8 Å². The van der Waals surface area contributed by atoms with E-state index in [1.807, 2.05) is 6.92 Å². The van der Waals surface area contributed by atoms with Crippen molar-refractivity contribution in [1.82, 2.24) is 0 Å². The van der Waals surface area contributed by atoms with Crippen molar-refractivity contribution in [1.29, 1.82) is 0 Å². The largest absolute Gasteiger partial charge is 0.396 e. The molecule has 0 amide bonds. The minimum absolute atomic E-state index is 0. The number of hydrogen-bond acceptors (Lipinski definition) is 2. The van der Waals surface area contributed by atoms with E-state index in [1.165, 1.54) is 0 Å². The maximum Gasteiger partial charge on any atom is 0.114 e. The van der Waals surface area contributed by atoms with E-state index in [9.17, 15) is 0 Å². The van der Waals surface area contributed by atoms with Gasteiger partial charge in [0.25, 0.3) is 0 Å². The fourth-order valence-corrected chi connectivity index (χ4v) is 0.239. The number of nitrogens with zero attached hydrogens (tertiary/aromatic N) is 1. The highest BCUT2D eigenvalue weighted by Crippen LogP contribution is 1.84. The maximum absolute atomic E-state index is 4.71. The van der Waals surface area contributed by atoms with Crippen molar-refractivity contribution < 1.29 is 4.84 Å². The molecule has 0 rings (SSSR count). The molecule has 0 spiro atoms. The van der Waals surface area contributed by atoms with Gasteiger partial charge in [-0.1, -0.05) is 26.4 Å². The highest BCUT2D eigenvalue weighted by atomic mass is 16.6. The summed E-state index contributed by atoms with van der Waals surface area (Å²) in [6.45, 7) is 6.69. The van der Waals surface area contributed by atoms with Gasteiger partial charge in [-0.15, -0.1) is 0 Å². The third-order valence-corrected chi connectivity index (χ3v) is 0.563. The van der Waals surface area contributed by atoms with Crippen molar-refractivity contribution in [2.75, 3.05) is 6.61 Å². The predicted molar refractivity (Wildman–Crippen MR) is 41.7 cm³/mol. The topological polar surface area (TPSA) is 21.6 Å². The summed E-state index contributed by atoms with van der Waals surface area (Å²) >= 11 is 0. The van der Waals surface area contributed by atoms with Crippen LogP contribution in [-0.4, -0.2) is 12.8 Å². The van der Waals surface area contributed by atoms with Crippen LogP contribution in [0.1, 0.15) is 28.2 Å². The first-order valence-electron chi connectivity index (χ1n) is 2.92. The lowest BCUT2D eigenvalue weighted by atomic mass is 10.3. The van der Waals surface area contributed by atoms with Crippen molar-refractivity contribution in [3.8, 4) is 0 Å². The van der Waals surface area contributed by atoms with Crippen molar-refractivity contribution in [3.05, 3.63) is 0 Å². The Hall–Kier alpha value is -0.530. The van der Waals surface area contributed by atoms with Gasteiger partial charge in [0.2, 0.25) is 0 Å². The molecular weight excluding hydrogens is 114 g/mol. The molecule has 0 aliphatic heterocycles. The summed E-state index contributed by atoms with van der Waals surface area (Å²) in [4.78, 5) is 4.71. The molecule has 0 aromatic rings. The monoisotopic (exact) mass is 131 g/mol. The fourth-order valence-electron chi connectivity index (χ4n) is 0.239. The van der Waals surface area contributed by atoms with E-state index in [1.54, 1.807) is 6.21 Å². The Balaban J connectivity index is 0. The quantitative estimate of drug-likeness (QED) is 0.425. The molecule has 0 aliphatic rings. The molecule has 0 fully saturated rings. The van der Waals surface area contributed by atoms with Crippen LogP contribution in [0.3, 0.4) is 0 Å². The molecule has 2 heteroatoms. The van der Waals surface area contributed by atoms with Crippen molar-refractivity contribution >= 4 is 6.21 Å². The Morgan fingerprint density at radius 3 is 2.44 bits per heavy atom. The maximum atomic E-state index is 4.71. The fraction of sp³-hybridized carbons (Fsp3) is 0.857. The molecule has 0 atom stereocenters.